The van der Waals surface area contributed by atoms with Crippen LogP contribution in [0.15, 0.2) is 12.1 Å². The van der Waals surface area contributed by atoms with E-state index in [1.54, 1.807) is 0 Å². The second kappa shape index (κ2) is 4.34. The van der Waals surface area contributed by atoms with Crippen LogP contribution in [0.5, 0.6) is 0 Å². The molecule has 19 heavy (non-hydrogen) atoms. The van der Waals surface area contributed by atoms with Gasteiger partial charge in [-0.05, 0) is 29.7 Å². The summed E-state index contributed by atoms with van der Waals surface area (Å²) in [7, 11) is 0. The molecular weight excluding hydrogens is 248 g/mol. The zero-order valence-electron chi connectivity index (χ0n) is 10.6. The van der Waals surface area contributed by atoms with Gasteiger partial charge in [0.15, 0.2) is 5.69 Å². The zero-order valence-corrected chi connectivity index (χ0v) is 10.6. The minimum Gasteiger partial charge on any atom is -0.358 e. The first-order valence-corrected chi connectivity index (χ1v) is 6.43. The van der Waals surface area contributed by atoms with Crippen molar-refractivity contribution < 1.29 is 9.72 Å². The van der Waals surface area contributed by atoms with Crippen molar-refractivity contribution in [3.63, 3.8) is 0 Å². The summed E-state index contributed by atoms with van der Waals surface area (Å²) in [6.07, 6.45) is 0. The molecule has 0 radical (unpaired) electrons. The first kappa shape index (κ1) is 12.2. The number of aromatic amines is 1. The normalized spacial score (nSPS) is 29.5. The molecule has 1 aromatic rings. The summed E-state index contributed by atoms with van der Waals surface area (Å²) in [5.41, 5.74) is 0.298. The van der Waals surface area contributed by atoms with E-state index >= 15 is 0 Å². The van der Waals surface area contributed by atoms with Crippen molar-refractivity contribution >= 4 is 11.7 Å². The van der Waals surface area contributed by atoms with E-state index in [-0.39, 0.29) is 17.8 Å². The molecule has 3 atom stereocenters. The highest BCUT2D eigenvalue weighted by Crippen LogP contribution is 2.33. The molecule has 2 aliphatic heterocycles. The standard InChI is InChI=1S/C12H16N4O3/c1-7-9-5-13-4-8(9)6-15(7)12(17)10-2-3-11(14-10)16(18)19/h2-3,7-9,13-14H,4-6H2,1H3. The quantitative estimate of drug-likeness (QED) is 0.604. The van der Waals surface area contributed by atoms with Gasteiger partial charge in [0.1, 0.15) is 0 Å². The van der Waals surface area contributed by atoms with Gasteiger partial charge >= 0.3 is 5.82 Å². The van der Waals surface area contributed by atoms with Gasteiger partial charge in [-0.25, -0.2) is 4.98 Å². The minimum atomic E-state index is -0.525. The van der Waals surface area contributed by atoms with Gasteiger partial charge in [-0.2, -0.15) is 0 Å². The van der Waals surface area contributed by atoms with Gasteiger partial charge < -0.3 is 20.3 Å². The number of aromatic nitrogens is 1. The fourth-order valence-electron chi connectivity index (χ4n) is 3.21. The molecule has 3 rings (SSSR count). The number of hydrogen-bond acceptors (Lipinski definition) is 4. The predicted octanol–water partition coefficient (Wildman–Crippen LogP) is 0.603. The van der Waals surface area contributed by atoms with E-state index in [4.69, 9.17) is 0 Å². The molecule has 7 heteroatoms. The molecule has 0 spiro atoms. The molecule has 0 aromatic carbocycles. The Morgan fingerprint density at radius 1 is 1.47 bits per heavy atom. The Balaban J connectivity index is 1.78. The number of amides is 1. The number of nitrogens with zero attached hydrogens (tertiary/aromatic N) is 2. The van der Waals surface area contributed by atoms with Crippen LogP contribution in [0.3, 0.4) is 0 Å². The summed E-state index contributed by atoms with van der Waals surface area (Å²) in [4.78, 5) is 26.9. The number of nitrogens with one attached hydrogen (secondary N) is 2. The smallest absolute Gasteiger partial charge is 0.321 e. The van der Waals surface area contributed by atoms with Gasteiger partial charge in [0.2, 0.25) is 0 Å². The average Bonchev–Trinajstić information content (AvgIpc) is 3.05. The lowest BCUT2D eigenvalue weighted by Gasteiger charge is -2.23. The molecule has 2 saturated heterocycles. The van der Waals surface area contributed by atoms with Crippen LogP contribution in [-0.4, -0.2) is 46.4 Å². The zero-order chi connectivity index (χ0) is 13.6. The van der Waals surface area contributed by atoms with Gasteiger partial charge in [-0.15, -0.1) is 0 Å². The highest BCUT2D eigenvalue weighted by molar-refractivity contribution is 5.93. The van der Waals surface area contributed by atoms with Crippen molar-refractivity contribution in [1.82, 2.24) is 15.2 Å². The van der Waals surface area contributed by atoms with E-state index in [0.717, 1.165) is 19.6 Å². The summed E-state index contributed by atoms with van der Waals surface area (Å²) in [5, 5.41) is 14.0. The van der Waals surface area contributed by atoms with E-state index in [0.29, 0.717) is 17.5 Å². The maximum absolute atomic E-state index is 12.4. The summed E-state index contributed by atoms with van der Waals surface area (Å²) in [5.74, 6) is 0.713. The molecule has 1 amide bonds. The van der Waals surface area contributed by atoms with Gasteiger partial charge in [0.25, 0.3) is 5.91 Å². The first-order valence-electron chi connectivity index (χ1n) is 6.43. The number of rotatable bonds is 2. The van der Waals surface area contributed by atoms with Crippen LogP contribution >= 0.6 is 0 Å². The third-order valence-corrected chi connectivity index (χ3v) is 4.29. The van der Waals surface area contributed by atoms with Gasteiger partial charge in [0.05, 0.1) is 0 Å². The van der Waals surface area contributed by atoms with E-state index in [9.17, 15) is 14.9 Å². The average molecular weight is 264 g/mol. The Morgan fingerprint density at radius 3 is 2.89 bits per heavy atom. The number of carbonyl (C=O) groups is 1. The molecule has 0 bridgehead atoms. The maximum atomic E-state index is 12.4. The van der Waals surface area contributed by atoms with Crippen LogP contribution in [0.4, 0.5) is 5.82 Å². The van der Waals surface area contributed by atoms with Gasteiger partial charge in [-0.3, -0.25) is 4.79 Å². The number of nitro groups is 1. The van der Waals surface area contributed by atoms with Gasteiger partial charge in [-0.1, -0.05) is 0 Å². The fraction of sp³-hybridized carbons (Fsp3) is 0.583. The molecular formula is C12H16N4O3. The van der Waals surface area contributed by atoms with Crippen LogP contribution in [0.25, 0.3) is 0 Å². The Hall–Kier alpha value is -1.89. The lowest BCUT2D eigenvalue weighted by Crippen LogP contribution is -2.38. The van der Waals surface area contributed by atoms with Gasteiger partial charge in [0, 0.05) is 31.7 Å². The SMILES string of the molecule is CC1C2CNCC2CN1C(=O)c1ccc([N+](=O)[O-])[nH]1. The number of carbonyl (C=O) groups excluding carboxylic acids is 1. The minimum absolute atomic E-state index is 0.142. The monoisotopic (exact) mass is 264 g/mol. The summed E-state index contributed by atoms with van der Waals surface area (Å²) in [6.45, 7) is 4.67. The molecule has 7 nitrogen and oxygen atoms in total. The lowest BCUT2D eigenvalue weighted by molar-refractivity contribution is -0.389. The highest BCUT2D eigenvalue weighted by atomic mass is 16.6. The fourth-order valence-corrected chi connectivity index (χ4v) is 3.21. The number of likely N-dealkylation sites (tertiary alicyclic amines) is 1. The van der Waals surface area contributed by atoms with Crippen molar-refractivity contribution in [1.29, 1.82) is 0 Å². The van der Waals surface area contributed by atoms with Crippen LogP contribution in [0.2, 0.25) is 0 Å². The number of hydrogen-bond donors (Lipinski definition) is 2. The van der Waals surface area contributed by atoms with Crippen LogP contribution in [-0.2, 0) is 0 Å². The van der Waals surface area contributed by atoms with Crippen molar-refractivity contribution in [2.45, 2.75) is 13.0 Å². The van der Waals surface area contributed by atoms with Crippen molar-refractivity contribution in [3.8, 4) is 0 Å². The molecule has 2 aliphatic rings. The van der Waals surface area contributed by atoms with Crippen LogP contribution in [0, 0.1) is 22.0 Å². The lowest BCUT2D eigenvalue weighted by atomic mass is 9.95. The topological polar surface area (TPSA) is 91.3 Å². The van der Waals surface area contributed by atoms with Crippen molar-refractivity contribution in [3.05, 3.63) is 27.9 Å². The third-order valence-electron chi connectivity index (χ3n) is 4.29. The molecule has 0 saturated carbocycles. The second-order valence-electron chi connectivity index (χ2n) is 5.29. The molecule has 102 valence electrons. The predicted molar refractivity (Wildman–Crippen MR) is 67.8 cm³/mol. The maximum Gasteiger partial charge on any atom is 0.321 e. The number of fused-ring (bicyclic) bond motifs is 1. The van der Waals surface area contributed by atoms with E-state index < -0.39 is 4.92 Å². The molecule has 3 heterocycles. The van der Waals surface area contributed by atoms with E-state index in [1.807, 2.05) is 11.8 Å². The molecule has 0 aliphatic carbocycles. The van der Waals surface area contributed by atoms with Crippen molar-refractivity contribution in [2.24, 2.45) is 11.8 Å². The van der Waals surface area contributed by atoms with E-state index in [2.05, 4.69) is 10.3 Å². The Labute approximate surface area is 110 Å². The van der Waals surface area contributed by atoms with Crippen LogP contribution < -0.4 is 5.32 Å². The van der Waals surface area contributed by atoms with E-state index in [1.165, 1.54) is 12.1 Å². The molecule has 1 aromatic heterocycles. The van der Waals surface area contributed by atoms with Crippen LogP contribution in [0.1, 0.15) is 17.4 Å². The Morgan fingerprint density at radius 2 is 2.26 bits per heavy atom. The summed E-state index contributed by atoms with van der Waals surface area (Å²) >= 11 is 0. The summed E-state index contributed by atoms with van der Waals surface area (Å²) in [6, 6.07) is 2.99. The summed E-state index contributed by atoms with van der Waals surface area (Å²) < 4.78 is 0. The third kappa shape index (κ3) is 1.90. The Kier molecular flexibility index (Phi) is 2.78. The first-order chi connectivity index (χ1) is 9.08. The highest BCUT2D eigenvalue weighted by Gasteiger charge is 2.44. The largest absolute Gasteiger partial charge is 0.358 e. The Bertz CT molecular complexity index is 527. The second-order valence-corrected chi connectivity index (χ2v) is 5.29. The molecule has 2 N–H and O–H groups in total. The number of H-pyrrole nitrogens is 1. The molecule has 3 unspecified atom stereocenters. The molecule has 2 fully saturated rings. The van der Waals surface area contributed by atoms with Crippen molar-refractivity contribution in [2.75, 3.05) is 19.6 Å².